The standard InChI is InChI=1S/C18H30N4O.2ClH/c1-15(17-4-2-7-19-13-17)12-18(23)21-10-5-16(6-11-21)14-22-9-3-8-20-22;;/h3,8-9,15-17,19H,2,4-7,10-14H2,1H3;2*1H. The summed E-state index contributed by atoms with van der Waals surface area (Å²) < 4.78 is 2.01. The van der Waals surface area contributed by atoms with Crippen LogP contribution in [0, 0.1) is 17.8 Å². The number of carbonyl (C=O) groups excluding carboxylic acids is 1. The summed E-state index contributed by atoms with van der Waals surface area (Å²) in [6.07, 6.45) is 9.30. The molecule has 144 valence electrons. The predicted molar refractivity (Wildman–Crippen MR) is 105 cm³/mol. The van der Waals surface area contributed by atoms with E-state index >= 15 is 0 Å². The summed E-state index contributed by atoms with van der Waals surface area (Å²) in [4.78, 5) is 14.7. The highest BCUT2D eigenvalue weighted by Gasteiger charge is 2.27. The van der Waals surface area contributed by atoms with Crippen molar-refractivity contribution in [2.45, 2.75) is 45.6 Å². The summed E-state index contributed by atoms with van der Waals surface area (Å²) in [6.45, 7) is 7.29. The van der Waals surface area contributed by atoms with E-state index < -0.39 is 0 Å². The zero-order chi connectivity index (χ0) is 16.1. The highest BCUT2D eigenvalue weighted by Crippen LogP contribution is 2.25. The first-order valence-electron chi connectivity index (χ1n) is 9.18. The van der Waals surface area contributed by atoms with Crippen LogP contribution in [0.15, 0.2) is 18.5 Å². The first-order chi connectivity index (χ1) is 11.2. The van der Waals surface area contributed by atoms with Crippen molar-refractivity contribution in [3.63, 3.8) is 0 Å². The Kier molecular flexibility index (Phi) is 9.83. The first kappa shape index (κ1) is 22.3. The Morgan fingerprint density at radius 2 is 2.04 bits per heavy atom. The lowest BCUT2D eigenvalue weighted by molar-refractivity contribution is -0.134. The minimum atomic E-state index is 0. The van der Waals surface area contributed by atoms with Gasteiger partial charge < -0.3 is 10.2 Å². The Hall–Kier alpha value is -0.780. The number of halogens is 2. The van der Waals surface area contributed by atoms with E-state index in [0.29, 0.717) is 23.7 Å². The fraction of sp³-hybridized carbons (Fsp3) is 0.778. The molecule has 0 saturated carbocycles. The molecule has 0 bridgehead atoms. The summed E-state index contributed by atoms with van der Waals surface area (Å²) in [5.41, 5.74) is 0. The van der Waals surface area contributed by atoms with Crippen molar-refractivity contribution < 1.29 is 4.79 Å². The average molecular weight is 391 g/mol. The summed E-state index contributed by atoms with van der Waals surface area (Å²) in [7, 11) is 0. The van der Waals surface area contributed by atoms with Gasteiger partial charge in [0.2, 0.25) is 5.91 Å². The van der Waals surface area contributed by atoms with E-state index in [2.05, 4.69) is 22.2 Å². The smallest absolute Gasteiger partial charge is 0.222 e. The molecule has 3 heterocycles. The van der Waals surface area contributed by atoms with Crippen LogP contribution in [-0.2, 0) is 11.3 Å². The third kappa shape index (κ3) is 6.46. The highest BCUT2D eigenvalue weighted by molar-refractivity contribution is 5.85. The van der Waals surface area contributed by atoms with Crippen molar-refractivity contribution in [1.29, 1.82) is 0 Å². The molecule has 5 nitrogen and oxygen atoms in total. The molecule has 2 unspecified atom stereocenters. The lowest BCUT2D eigenvalue weighted by Gasteiger charge is -2.34. The van der Waals surface area contributed by atoms with Crippen LogP contribution in [0.3, 0.4) is 0 Å². The van der Waals surface area contributed by atoms with Gasteiger partial charge in [0.05, 0.1) is 0 Å². The van der Waals surface area contributed by atoms with Gasteiger partial charge in [0.25, 0.3) is 0 Å². The molecule has 1 aromatic rings. The molecule has 1 amide bonds. The van der Waals surface area contributed by atoms with E-state index in [0.717, 1.165) is 52.0 Å². The van der Waals surface area contributed by atoms with Crippen LogP contribution in [-0.4, -0.2) is 46.8 Å². The van der Waals surface area contributed by atoms with Gasteiger partial charge in [-0.2, -0.15) is 5.10 Å². The van der Waals surface area contributed by atoms with Crippen LogP contribution in [0.2, 0.25) is 0 Å². The van der Waals surface area contributed by atoms with Crippen molar-refractivity contribution in [3.05, 3.63) is 18.5 Å². The maximum Gasteiger partial charge on any atom is 0.222 e. The molecular formula is C18H32Cl2N4O. The topological polar surface area (TPSA) is 50.2 Å². The number of piperidine rings is 2. The van der Waals surface area contributed by atoms with Crippen LogP contribution in [0.25, 0.3) is 0 Å². The molecule has 0 spiro atoms. The second-order valence-corrected chi connectivity index (χ2v) is 7.34. The summed E-state index contributed by atoms with van der Waals surface area (Å²) in [5.74, 6) is 2.18. The number of hydrogen-bond acceptors (Lipinski definition) is 3. The van der Waals surface area contributed by atoms with Crippen LogP contribution in [0.1, 0.15) is 39.0 Å². The van der Waals surface area contributed by atoms with Crippen LogP contribution in [0.4, 0.5) is 0 Å². The monoisotopic (exact) mass is 390 g/mol. The second-order valence-electron chi connectivity index (χ2n) is 7.34. The molecule has 2 aliphatic heterocycles. The zero-order valence-corrected chi connectivity index (χ0v) is 16.7. The molecule has 0 radical (unpaired) electrons. The van der Waals surface area contributed by atoms with Crippen molar-refractivity contribution in [2.75, 3.05) is 26.2 Å². The van der Waals surface area contributed by atoms with E-state index in [1.165, 1.54) is 12.8 Å². The molecule has 2 fully saturated rings. The summed E-state index contributed by atoms with van der Waals surface area (Å²) >= 11 is 0. The fourth-order valence-electron chi connectivity index (χ4n) is 3.97. The lowest BCUT2D eigenvalue weighted by Crippen LogP contribution is -2.41. The largest absolute Gasteiger partial charge is 0.343 e. The number of rotatable bonds is 5. The third-order valence-corrected chi connectivity index (χ3v) is 5.61. The molecule has 3 rings (SSSR count). The predicted octanol–water partition coefficient (Wildman–Crippen LogP) is 2.99. The van der Waals surface area contributed by atoms with Crippen LogP contribution >= 0.6 is 24.8 Å². The van der Waals surface area contributed by atoms with Gasteiger partial charge in [0, 0.05) is 38.4 Å². The number of likely N-dealkylation sites (tertiary alicyclic amines) is 1. The molecule has 0 aliphatic carbocycles. The number of nitrogens with one attached hydrogen (secondary N) is 1. The Labute approximate surface area is 163 Å². The van der Waals surface area contributed by atoms with Crippen molar-refractivity contribution in [3.8, 4) is 0 Å². The van der Waals surface area contributed by atoms with Gasteiger partial charge >= 0.3 is 0 Å². The molecule has 2 atom stereocenters. The van der Waals surface area contributed by atoms with E-state index in [4.69, 9.17) is 0 Å². The Morgan fingerprint density at radius 3 is 2.64 bits per heavy atom. The first-order valence-corrected chi connectivity index (χ1v) is 9.18. The van der Waals surface area contributed by atoms with Crippen molar-refractivity contribution in [2.24, 2.45) is 17.8 Å². The van der Waals surface area contributed by atoms with Crippen LogP contribution in [0.5, 0.6) is 0 Å². The second kappa shape index (κ2) is 11.0. The molecule has 2 aliphatic rings. The highest BCUT2D eigenvalue weighted by atomic mass is 35.5. The molecule has 25 heavy (non-hydrogen) atoms. The van der Waals surface area contributed by atoms with Gasteiger partial charge in [0.1, 0.15) is 0 Å². The third-order valence-electron chi connectivity index (χ3n) is 5.61. The molecule has 0 aromatic carbocycles. The maximum atomic E-state index is 12.6. The number of hydrogen-bond donors (Lipinski definition) is 1. The van der Waals surface area contributed by atoms with E-state index in [9.17, 15) is 4.79 Å². The lowest BCUT2D eigenvalue weighted by atomic mass is 9.85. The average Bonchev–Trinajstić information content (AvgIpc) is 3.09. The maximum absolute atomic E-state index is 12.6. The molecule has 1 aromatic heterocycles. The number of nitrogens with zero attached hydrogens (tertiary/aromatic N) is 3. The number of amides is 1. The molecular weight excluding hydrogens is 359 g/mol. The molecule has 7 heteroatoms. The number of aromatic nitrogens is 2. The minimum absolute atomic E-state index is 0. The molecule has 1 N–H and O–H groups in total. The Morgan fingerprint density at radius 1 is 1.28 bits per heavy atom. The van der Waals surface area contributed by atoms with Gasteiger partial charge in [-0.15, -0.1) is 24.8 Å². The summed E-state index contributed by atoms with van der Waals surface area (Å²) in [5, 5.41) is 7.75. The normalized spacial score (nSPS) is 22.6. The quantitative estimate of drug-likeness (QED) is 0.840. The summed E-state index contributed by atoms with van der Waals surface area (Å²) in [6, 6.07) is 1.97. The van der Waals surface area contributed by atoms with Gasteiger partial charge in [0.15, 0.2) is 0 Å². The van der Waals surface area contributed by atoms with Crippen LogP contribution < -0.4 is 5.32 Å². The van der Waals surface area contributed by atoms with Gasteiger partial charge in [-0.05, 0) is 62.6 Å². The van der Waals surface area contributed by atoms with Gasteiger partial charge in [-0.25, -0.2) is 0 Å². The molecule has 2 saturated heterocycles. The van der Waals surface area contributed by atoms with Crippen molar-refractivity contribution in [1.82, 2.24) is 20.0 Å². The Bertz CT molecular complexity index is 483. The van der Waals surface area contributed by atoms with E-state index in [1.807, 2.05) is 23.1 Å². The minimum Gasteiger partial charge on any atom is -0.343 e. The van der Waals surface area contributed by atoms with E-state index in [-0.39, 0.29) is 24.8 Å². The van der Waals surface area contributed by atoms with Crippen molar-refractivity contribution >= 4 is 30.7 Å². The zero-order valence-electron chi connectivity index (χ0n) is 15.1. The van der Waals surface area contributed by atoms with Gasteiger partial charge in [-0.3, -0.25) is 9.48 Å². The van der Waals surface area contributed by atoms with E-state index in [1.54, 1.807) is 0 Å². The Balaban J connectivity index is 0.00000156. The SMILES string of the molecule is CC(CC(=O)N1CCC(Cn2cccn2)CC1)C1CCCNC1.Cl.Cl. The number of carbonyl (C=O) groups is 1. The fourth-order valence-corrected chi connectivity index (χ4v) is 3.97. The van der Waals surface area contributed by atoms with Gasteiger partial charge in [-0.1, -0.05) is 6.92 Å².